The quantitative estimate of drug-likeness (QED) is 0.444. The van der Waals surface area contributed by atoms with Gasteiger partial charge in [0.1, 0.15) is 11.6 Å². The highest BCUT2D eigenvalue weighted by atomic mass is 127. The molecular formula is C19H15FIN3O2. The van der Waals surface area contributed by atoms with Gasteiger partial charge in [-0.2, -0.15) is 0 Å². The fraction of sp³-hybridized carbons (Fsp3) is 0.0526. The number of amides is 1. The lowest BCUT2D eigenvalue weighted by atomic mass is 10.0. The Balaban J connectivity index is 1.99. The smallest absolute Gasteiger partial charge is 0.252 e. The molecule has 4 N–H and O–H groups in total. The first-order valence-electron chi connectivity index (χ1n) is 7.68. The van der Waals surface area contributed by atoms with Crippen molar-refractivity contribution in [3.05, 3.63) is 80.9 Å². The van der Waals surface area contributed by atoms with E-state index in [-0.39, 0.29) is 23.6 Å². The van der Waals surface area contributed by atoms with Gasteiger partial charge in [-0.15, -0.1) is 0 Å². The third-order valence-corrected chi connectivity index (χ3v) is 4.39. The number of hydrogen-bond donors (Lipinski definition) is 2. The van der Waals surface area contributed by atoms with Crippen LogP contribution in [-0.2, 0) is 6.42 Å². The zero-order valence-electron chi connectivity index (χ0n) is 13.6. The summed E-state index contributed by atoms with van der Waals surface area (Å²) >= 11 is 2.03. The number of aromatic nitrogens is 1. The molecule has 7 heteroatoms. The summed E-state index contributed by atoms with van der Waals surface area (Å²) in [5.74, 6) is -0.375. The number of ether oxygens (including phenoxy) is 1. The Bertz CT molecular complexity index is 979. The maximum Gasteiger partial charge on any atom is 0.252 e. The van der Waals surface area contributed by atoms with Crippen molar-refractivity contribution < 1.29 is 13.9 Å². The molecule has 2 aromatic carbocycles. The number of hydrogen-bond acceptors (Lipinski definition) is 4. The Kier molecular flexibility index (Phi) is 5.36. The van der Waals surface area contributed by atoms with E-state index < -0.39 is 5.91 Å². The molecule has 0 radical (unpaired) electrons. The van der Waals surface area contributed by atoms with Crippen molar-refractivity contribution in [1.29, 1.82) is 0 Å². The third-order valence-electron chi connectivity index (χ3n) is 3.72. The molecule has 1 heterocycles. The highest BCUT2D eigenvalue weighted by molar-refractivity contribution is 14.1. The normalized spacial score (nSPS) is 10.5. The molecule has 0 aliphatic heterocycles. The van der Waals surface area contributed by atoms with Gasteiger partial charge in [-0.3, -0.25) is 9.78 Å². The molecule has 0 fully saturated rings. The average molecular weight is 463 g/mol. The monoisotopic (exact) mass is 463 g/mol. The third kappa shape index (κ3) is 4.10. The fourth-order valence-electron chi connectivity index (χ4n) is 2.55. The first-order valence-corrected chi connectivity index (χ1v) is 8.76. The van der Waals surface area contributed by atoms with Crippen LogP contribution in [0.25, 0.3) is 0 Å². The minimum atomic E-state index is -0.674. The topological polar surface area (TPSA) is 91.2 Å². The molecule has 1 aromatic heterocycles. The molecule has 26 heavy (non-hydrogen) atoms. The van der Waals surface area contributed by atoms with Crippen molar-refractivity contribution in [3.63, 3.8) is 0 Å². The van der Waals surface area contributed by atoms with E-state index in [2.05, 4.69) is 4.98 Å². The van der Waals surface area contributed by atoms with Crippen LogP contribution >= 0.6 is 22.6 Å². The molecule has 1 amide bonds. The highest BCUT2D eigenvalue weighted by Gasteiger charge is 2.18. The average Bonchev–Trinajstić information content (AvgIpc) is 2.57. The predicted octanol–water partition coefficient (Wildman–Crippen LogP) is 3.89. The SMILES string of the molecule is NC(=O)c1c(Cc2ccc(I)cc2F)cncc1Oc1cccc(N)c1. The van der Waals surface area contributed by atoms with Crippen LogP contribution in [0.5, 0.6) is 11.5 Å². The molecule has 0 unspecified atom stereocenters. The second-order valence-corrected chi connectivity index (χ2v) is 6.87. The van der Waals surface area contributed by atoms with Crippen LogP contribution in [0.3, 0.4) is 0 Å². The number of pyridine rings is 1. The van der Waals surface area contributed by atoms with Crippen LogP contribution in [0.1, 0.15) is 21.5 Å². The van der Waals surface area contributed by atoms with Gasteiger partial charge in [0.15, 0.2) is 5.75 Å². The minimum Gasteiger partial charge on any atom is -0.455 e. The molecule has 132 valence electrons. The van der Waals surface area contributed by atoms with Crippen molar-refractivity contribution in [2.24, 2.45) is 5.73 Å². The number of anilines is 1. The summed E-state index contributed by atoms with van der Waals surface area (Å²) in [7, 11) is 0. The lowest BCUT2D eigenvalue weighted by Crippen LogP contribution is -2.16. The largest absolute Gasteiger partial charge is 0.455 e. The maximum atomic E-state index is 14.2. The van der Waals surface area contributed by atoms with Crippen LogP contribution < -0.4 is 16.2 Å². The predicted molar refractivity (Wildman–Crippen MR) is 106 cm³/mol. The van der Waals surface area contributed by atoms with Crippen LogP contribution in [0.4, 0.5) is 10.1 Å². The van der Waals surface area contributed by atoms with Gasteiger partial charge in [0.2, 0.25) is 0 Å². The number of carbonyl (C=O) groups excluding carboxylic acids is 1. The molecule has 0 saturated heterocycles. The zero-order chi connectivity index (χ0) is 18.7. The Hall–Kier alpha value is -2.68. The Morgan fingerprint density at radius 1 is 1.15 bits per heavy atom. The highest BCUT2D eigenvalue weighted by Crippen LogP contribution is 2.29. The lowest BCUT2D eigenvalue weighted by molar-refractivity contribution is 0.0997. The second kappa shape index (κ2) is 7.69. The minimum absolute atomic E-state index is 0.167. The van der Waals surface area contributed by atoms with Gasteiger partial charge in [0.05, 0.1) is 11.8 Å². The van der Waals surface area contributed by atoms with Gasteiger partial charge >= 0.3 is 0 Å². The Morgan fingerprint density at radius 2 is 1.96 bits per heavy atom. The van der Waals surface area contributed by atoms with Gasteiger partial charge < -0.3 is 16.2 Å². The molecule has 3 aromatic rings. The summed E-state index contributed by atoms with van der Waals surface area (Å²) < 4.78 is 20.7. The van der Waals surface area contributed by atoms with E-state index in [0.717, 1.165) is 3.57 Å². The maximum absolute atomic E-state index is 14.2. The van der Waals surface area contributed by atoms with E-state index in [4.69, 9.17) is 16.2 Å². The standard InChI is InChI=1S/C19H15FIN3O2/c20-16-7-13(21)5-4-11(16)6-12-9-24-10-17(18(12)19(23)25)26-15-3-1-2-14(22)8-15/h1-5,7-10H,6,22H2,(H2,23,25). The Morgan fingerprint density at radius 3 is 2.65 bits per heavy atom. The number of nitrogen functional groups attached to an aromatic ring is 1. The van der Waals surface area contributed by atoms with E-state index >= 15 is 0 Å². The van der Waals surface area contributed by atoms with E-state index in [1.807, 2.05) is 22.6 Å². The molecule has 0 aliphatic rings. The molecule has 0 saturated carbocycles. The number of rotatable bonds is 5. The van der Waals surface area contributed by atoms with Crippen molar-refractivity contribution >= 4 is 34.2 Å². The second-order valence-electron chi connectivity index (χ2n) is 5.62. The van der Waals surface area contributed by atoms with Crippen molar-refractivity contribution in [1.82, 2.24) is 4.98 Å². The van der Waals surface area contributed by atoms with Gasteiger partial charge in [0, 0.05) is 27.9 Å². The first-order chi connectivity index (χ1) is 12.4. The number of benzene rings is 2. The Labute approximate surface area is 163 Å². The summed E-state index contributed by atoms with van der Waals surface area (Å²) in [5, 5.41) is 0. The summed E-state index contributed by atoms with van der Waals surface area (Å²) in [4.78, 5) is 16.1. The van der Waals surface area contributed by atoms with Crippen molar-refractivity contribution in [2.45, 2.75) is 6.42 Å². The zero-order valence-corrected chi connectivity index (χ0v) is 15.7. The first kappa shape index (κ1) is 18.1. The van der Waals surface area contributed by atoms with Gasteiger partial charge in [-0.05, 0) is 58.0 Å². The number of primary amides is 1. The van der Waals surface area contributed by atoms with Gasteiger partial charge in [-0.25, -0.2) is 4.39 Å². The molecule has 3 rings (SSSR count). The van der Waals surface area contributed by atoms with Crippen LogP contribution in [0, 0.1) is 9.39 Å². The summed E-state index contributed by atoms with van der Waals surface area (Å²) in [5.41, 5.74) is 12.9. The molecule has 0 bridgehead atoms. The lowest BCUT2D eigenvalue weighted by Gasteiger charge is -2.13. The van der Waals surface area contributed by atoms with Gasteiger partial charge in [-0.1, -0.05) is 12.1 Å². The van der Waals surface area contributed by atoms with Crippen LogP contribution in [0.2, 0.25) is 0 Å². The molecule has 0 spiro atoms. The number of nitrogens with zero attached hydrogens (tertiary/aromatic N) is 1. The van der Waals surface area contributed by atoms with Crippen molar-refractivity contribution in [2.75, 3.05) is 5.73 Å². The van der Waals surface area contributed by atoms with E-state index in [1.165, 1.54) is 18.5 Å². The summed E-state index contributed by atoms with van der Waals surface area (Å²) in [6.07, 6.45) is 3.06. The molecule has 0 aliphatic carbocycles. The molecule has 0 atom stereocenters. The summed E-state index contributed by atoms with van der Waals surface area (Å²) in [6, 6.07) is 11.7. The molecular weight excluding hydrogens is 448 g/mol. The van der Waals surface area contributed by atoms with E-state index in [1.54, 1.807) is 36.4 Å². The van der Waals surface area contributed by atoms with Crippen molar-refractivity contribution in [3.8, 4) is 11.5 Å². The van der Waals surface area contributed by atoms with Crippen LogP contribution in [0.15, 0.2) is 54.9 Å². The number of carbonyl (C=O) groups is 1. The van der Waals surface area contributed by atoms with E-state index in [9.17, 15) is 9.18 Å². The number of halogens is 2. The van der Waals surface area contributed by atoms with Crippen LogP contribution in [-0.4, -0.2) is 10.9 Å². The number of nitrogens with two attached hydrogens (primary N) is 2. The van der Waals surface area contributed by atoms with Gasteiger partial charge in [0.25, 0.3) is 5.91 Å². The van der Waals surface area contributed by atoms with E-state index in [0.29, 0.717) is 22.6 Å². The fourth-order valence-corrected chi connectivity index (χ4v) is 3.00. The summed E-state index contributed by atoms with van der Waals surface area (Å²) in [6.45, 7) is 0. The molecule has 5 nitrogen and oxygen atoms in total.